The zero-order valence-electron chi connectivity index (χ0n) is 15.1. The first-order valence-corrected chi connectivity index (χ1v) is 9.30. The summed E-state index contributed by atoms with van der Waals surface area (Å²) < 4.78 is 20.2. The van der Waals surface area contributed by atoms with Crippen LogP contribution in [0.1, 0.15) is 35.4 Å². The molecular formula is C20H20FN3O2S. The number of benzene rings is 1. The maximum Gasteiger partial charge on any atom is 0.192 e. The van der Waals surface area contributed by atoms with Gasteiger partial charge in [0.15, 0.2) is 6.29 Å². The Morgan fingerprint density at radius 3 is 2.96 bits per heavy atom. The van der Waals surface area contributed by atoms with Crippen LogP contribution in [0.15, 0.2) is 37.1 Å². The summed E-state index contributed by atoms with van der Waals surface area (Å²) in [5.74, 6) is 0. The molecule has 2 heterocycles. The van der Waals surface area contributed by atoms with E-state index < -0.39 is 13.0 Å². The van der Waals surface area contributed by atoms with Crippen molar-refractivity contribution >= 4 is 22.2 Å². The predicted octanol–water partition coefficient (Wildman–Crippen LogP) is 4.67. The fourth-order valence-corrected chi connectivity index (χ4v) is 3.91. The second-order valence-corrected chi connectivity index (χ2v) is 7.27. The largest absolute Gasteiger partial charge is 0.364 e. The van der Waals surface area contributed by atoms with E-state index in [1.54, 1.807) is 23.8 Å². The summed E-state index contributed by atoms with van der Waals surface area (Å²) in [7, 11) is 0. The number of nitriles is 1. The molecule has 1 N–H and O–H groups in total. The van der Waals surface area contributed by atoms with Gasteiger partial charge in [0.05, 0.1) is 28.8 Å². The lowest BCUT2D eigenvalue weighted by Crippen LogP contribution is -2.04. The Labute approximate surface area is 161 Å². The molecule has 0 saturated carbocycles. The smallest absolute Gasteiger partial charge is 0.192 e. The third-order valence-electron chi connectivity index (χ3n) is 4.33. The number of aliphatic hydroxyl groups excluding tert-OH is 1. The maximum atomic E-state index is 13.1. The lowest BCUT2D eigenvalue weighted by Gasteiger charge is -2.10. The molecule has 0 aliphatic heterocycles. The number of alkyl halides is 1. The summed E-state index contributed by atoms with van der Waals surface area (Å²) in [5, 5.41) is 21.1. The van der Waals surface area contributed by atoms with E-state index in [0.717, 1.165) is 21.5 Å². The highest BCUT2D eigenvalue weighted by molar-refractivity contribution is 7.15. The van der Waals surface area contributed by atoms with E-state index in [-0.39, 0.29) is 12.6 Å². The number of aryl methyl sites for hydroxylation is 1. The number of hydrogen-bond acceptors (Lipinski definition) is 5. The molecule has 0 aliphatic rings. The Morgan fingerprint density at radius 2 is 2.30 bits per heavy atom. The van der Waals surface area contributed by atoms with Crippen molar-refractivity contribution in [3.8, 4) is 16.6 Å². The van der Waals surface area contributed by atoms with Crippen LogP contribution >= 0.6 is 11.3 Å². The molecule has 27 heavy (non-hydrogen) atoms. The maximum absolute atomic E-state index is 13.1. The number of fused-ring (bicyclic) bond motifs is 1. The van der Waals surface area contributed by atoms with Crippen molar-refractivity contribution in [1.29, 1.82) is 5.26 Å². The Bertz CT molecular complexity index is 1020. The van der Waals surface area contributed by atoms with Gasteiger partial charge in [-0.25, -0.2) is 9.37 Å². The Morgan fingerprint density at radius 1 is 1.52 bits per heavy atom. The Balaban J connectivity index is 2.03. The molecule has 7 heteroatoms. The Hall–Kier alpha value is -2.53. The molecule has 0 amide bonds. The molecule has 1 aromatic carbocycles. The van der Waals surface area contributed by atoms with Gasteiger partial charge in [0, 0.05) is 22.7 Å². The summed E-state index contributed by atoms with van der Waals surface area (Å²) in [6.45, 7) is 6.89. The number of aromatic nitrogens is 2. The summed E-state index contributed by atoms with van der Waals surface area (Å²) >= 11 is 1.34. The van der Waals surface area contributed by atoms with Crippen molar-refractivity contribution < 1.29 is 14.2 Å². The van der Waals surface area contributed by atoms with E-state index >= 15 is 0 Å². The minimum Gasteiger partial charge on any atom is -0.364 e. The van der Waals surface area contributed by atoms with Crippen molar-refractivity contribution in [2.75, 3.05) is 13.3 Å². The summed E-state index contributed by atoms with van der Waals surface area (Å²) in [4.78, 5) is 5.17. The highest BCUT2D eigenvalue weighted by atomic mass is 32.1. The van der Waals surface area contributed by atoms with Crippen molar-refractivity contribution in [3.05, 3.63) is 53.2 Å². The number of nitrogens with zero attached hydrogens (tertiary/aromatic N) is 3. The first kappa shape index (κ1) is 19.2. The lowest BCUT2D eigenvalue weighted by atomic mass is 10.1. The second kappa shape index (κ2) is 8.01. The van der Waals surface area contributed by atoms with Gasteiger partial charge in [-0.05, 0) is 32.0 Å². The zero-order chi connectivity index (χ0) is 19.6. The minimum atomic E-state index is -1.06. The van der Waals surface area contributed by atoms with Gasteiger partial charge >= 0.3 is 0 Å². The van der Waals surface area contributed by atoms with Gasteiger partial charge in [-0.2, -0.15) is 5.26 Å². The number of halogens is 1. The molecule has 2 unspecified atom stereocenters. The number of aliphatic hydroxyl groups is 1. The molecule has 5 nitrogen and oxygen atoms in total. The average Bonchev–Trinajstić information content (AvgIpc) is 3.25. The molecule has 2 atom stereocenters. The molecule has 3 rings (SSSR count). The number of rotatable bonds is 7. The first-order chi connectivity index (χ1) is 13.0. The van der Waals surface area contributed by atoms with Crippen LogP contribution in [0.25, 0.3) is 21.5 Å². The average molecular weight is 385 g/mol. The van der Waals surface area contributed by atoms with E-state index in [2.05, 4.69) is 17.6 Å². The summed E-state index contributed by atoms with van der Waals surface area (Å²) in [5.41, 5.74) is 2.83. The van der Waals surface area contributed by atoms with Gasteiger partial charge in [-0.1, -0.05) is 6.08 Å². The van der Waals surface area contributed by atoms with Gasteiger partial charge in [0.25, 0.3) is 0 Å². The fraction of sp³-hybridized carbons (Fsp3) is 0.300. The quantitative estimate of drug-likeness (QED) is 0.474. The van der Waals surface area contributed by atoms with E-state index in [4.69, 9.17) is 4.74 Å². The van der Waals surface area contributed by atoms with Crippen LogP contribution in [0.4, 0.5) is 4.39 Å². The molecule has 0 spiro atoms. The summed E-state index contributed by atoms with van der Waals surface area (Å²) in [6, 6.07) is 7.48. The topological polar surface area (TPSA) is 71.1 Å². The molecule has 2 aromatic heterocycles. The van der Waals surface area contributed by atoms with Crippen LogP contribution in [0.5, 0.6) is 0 Å². The van der Waals surface area contributed by atoms with Gasteiger partial charge in [-0.3, -0.25) is 0 Å². The molecule has 3 aromatic rings. The van der Waals surface area contributed by atoms with E-state index in [1.807, 2.05) is 25.1 Å². The lowest BCUT2D eigenvalue weighted by molar-refractivity contribution is -0.0900. The standard InChI is InChI=1S/C20H20FN3O2S/c1-4-7-26-20(25)18-13(3)23-19(27-18)14-5-6-17-16(8-14)15(10-22)11-24(17)12(2)9-21/h4-6,8,11-12,20,25H,1,7,9H2,2-3H3. The van der Waals surface area contributed by atoms with Crippen LogP contribution in [0.3, 0.4) is 0 Å². The van der Waals surface area contributed by atoms with E-state index in [1.165, 1.54) is 11.3 Å². The fourth-order valence-electron chi connectivity index (χ4n) is 2.91. The molecule has 0 aliphatic carbocycles. The van der Waals surface area contributed by atoms with Crippen molar-refractivity contribution in [3.63, 3.8) is 0 Å². The van der Waals surface area contributed by atoms with Crippen LogP contribution < -0.4 is 0 Å². The molecule has 140 valence electrons. The highest BCUT2D eigenvalue weighted by Gasteiger charge is 2.19. The van der Waals surface area contributed by atoms with Gasteiger partial charge in [0.2, 0.25) is 0 Å². The van der Waals surface area contributed by atoms with Crippen molar-refractivity contribution in [2.24, 2.45) is 0 Å². The SMILES string of the molecule is C=CCOC(O)c1sc(-c2ccc3c(c2)c(C#N)cn3C(C)CF)nc1C. The highest BCUT2D eigenvalue weighted by Crippen LogP contribution is 2.35. The zero-order valence-corrected chi connectivity index (χ0v) is 16.0. The monoisotopic (exact) mass is 385 g/mol. The Kier molecular flexibility index (Phi) is 5.71. The van der Waals surface area contributed by atoms with Crippen LogP contribution in [0, 0.1) is 18.3 Å². The molecular weight excluding hydrogens is 365 g/mol. The van der Waals surface area contributed by atoms with Gasteiger partial charge in [0.1, 0.15) is 17.8 Å². The number of hydrogen-bond donors (Lipinski definition) is 1. The second-order valence-electron chi connectivity index (χ2n) is 6.24. The minimum absolute atomic E-state index is 0.242. The van der Waals surface area contributed by atoms with Gasteiger partial charge < -0.3 is 14.4 Å². The van der Waals surface area contributed by atoms with Crippen molar-refractivity contribution in [2.45, 2.75) is 26.2 Å². The van der Waals surface area contributed by atoms with E-state index in [9.17, 15) is 14.8 Å². The van der Waals surface area contributed by atoms with Gasteiger partial charge in [-0.15, -0.1) is 17.9 Å². The molecule has 0 fully saturated rings. The predicted molar refractivity (Wildman–Crippen MR) is 104 cm³/mol. The summed E-state index contributed by atoms with van der Waals surface area (Å²) in [6.07, 6.45) is 2.20. The molecule has 0 bridgehead atoms. The first-order valence-electron chi connectivity index (χ1n) is 8.49. The van der Waals surface area contributed by atoms with Crippen LogP contribution in [0.2, 0.25) is 0 Å². The van der Waals surface area contributed by atoms with Crippen LogP contribution in [-0.2, 0) is 4.74 Å². The van der Waals surface area contributed by atoms with E-state index in [0.29, 0.717) is 16.1 Å². The third kappa shape index (κ3) is 3.65. The third-order valence-corrected chi connectivity index (χ3v) is 5.56. The van der Waals surface area contributed by atoms with Crippen molar-refractivity contribution in [1.82, 2.24) is 9.55 Å². The molecule has 0 saturated heterocycles. The van der Waals surface area contributed by atoms with Crippen LogP contribution in [-0.4, -0.2) is 27.9 Å². The number of ether oxygens (including phenoxy) is 1. The number of thiazole rings is 1. The molecule has 0 radical (unpaired) electrons. The normalized spacial score (nSPS) is 13.4.